The first kappa shape index (κ1) is 15.4. The summed E-state index contributed by atoms with van der Waals surface area (Å²) < 4.78 is 0.897. The highest BCUT2D eigenvalue weighted by Crippen LogP contribution is 2.18. The molecule has 110 valence electrons. The third-order valence-corrected chi connectivity index (χ3v) is 4.50. The minimum absolute atomic E-state index is 0.0514. The molecule has 2 rings (SSSR count). The molecule has 0 N–H and O–H groups in total. The molecule has 1 aliphatic rings. The number of halogens is 1. The molecule has 0 aliphatic carbocycles. The summed E-state index contributed by atoms with van der Waals surface area (Å²) in [4.78, 5) is 21.0. The number of rotatable bonds is 4. The number of carbonyl (C=O) groups is 1. The van der Waals surface area contributed by atoms with Crippen LogP contribution in [0.15, 0.2) is 22.8 Å². The van der Waals surface area contributed by atoms with Crippen molar-refractivity contribution in [1.82, 2.24) is 14.8 Å². The van der Waals surface area contributed by atoms with Crippen LogP contribution in [0.5, 0.6) is 0 Å². The molecular weight excluding hydrogens is 318 g/mol. The van der Waals surface area contributed by atoms with Gasteiger partial charge in [0, 0.05) is 29.8 Å². The second-order valence-corrected chi connectivity index (χ2v) is 6.02. The van der Waals surface area contributed by atoms with E-state index >= 15 is 0 Å². The predicted molar refractivity (Wildman–Crippen MR) is 83.8 cm³/mol. The molecule has 0 bridgehead atoms. The lowest BCUT2D eigenvalue weighted by Crippen LogP contribution is -2.46. The van der Waals surface area contributed by atoms with E-state index in [0.717, 1.165) is 43.5 Å². The third kappa shape index (κ3) is 3.58. The second kappa shape index (κ2) is 7.18. The van der Waals surface area contributed by atoms with Crippen molar-refractivity contribution in [1.29, 1.82) is 0 Å². The fourth-order valence-corrected chi connectivity index (χ4v) is 3.07. The van der Waals surface area contributed by atoms with Crippen LogP contribution in [0.1, 0.15) is 37.2 Å². The Morgan fingerprint density at radius 3 is 2.50 bits per heavy atom. The normalized spacial score (nSPS) is 16.7. The molecule has 1 amide bonds. The van der Waals surface area contributed by atoms with Crippen molar-refractivity contribution in [2.24, 2.45) is 0 Å². The number of pyridine rings is 1. The number of piperidine rings is 1. The van der Waals surface area contributed by atoms with Crippen LogP contribution in [0.3, 0.4) is 0 Å². The van der Waals surface area contributed by atoms with Crippen molar-refractivity contribution in [2.75, 3.05) is 26.2 Å². The van der Waals surface area contributed by atoms with Gasteiger partial charge in [0.1, 0.15) is 5.69 Å². The van der Waals surface area contributed by atoms with E-state index in [1.54, 1.807) is 12.3 Å². The number of hydrogen-bond acceptors (Lipinski definition) is 3. The smallest absolute Gasteiger partial charge is 0.272 e. The molecule has 1 aromatic rings. The molecule has 4 nitrogen and oxygen atoms in total. The van der Waals surface area contributed by atoms with Crippen LogP contribution in [0.2, 0.25) is 0 Å². The minimum atomic E-state index is 0.0514. The number of hydrogen-bond donors (Lipinski definition) is 0. The van der Waals surface area contributed by atoms with E-state index in [1.165, 1.54) is 0 Å². The highest BCUT2D eigenvalue weighted by molar-refractivity contribution is 9.10. The molecule has 2 heterocycles. The van der Waals surface area contributed by atoms with Crippen molar-refractivity contribution in [3.05, 3.63) is 28.5 Å². The molecule has 0 spiro atoms. The average molecular weight is 340 g/mol. The minimum Gasteiger partial charge on any atom is -0.337 e. The molecule has 1 saturated heterocycles. The molecular formula is C15H22BrN3O. The van der Waals surface area contributed by atoms with Crippen molar-refractivity contribution in [3.63, 3.8) is 0 Å². The van der Waals surface area contributed by atoms with Crippen LogP contribution in [-0.4, -0.2) is 52.9 Å². The van der Waals surface area contributed by atoms with Gasteiger partial charge in [0.2, 0.25) is 0 Å². The SMILES string of the molecule is CCN(CC)C1CCN(C(=O)c2ccc(Br)cn2)CC1. The molecule has 1 fully saturated rings. The maximum atomic E-state index is 12.4. The van der Waals surface area contributed by atoms with Gasteiger partial charge in [-0.15, -0.1) is 0 Å². The number of carbonyl (C=O) groups excluding carboxylic acids is 1. The lowest BCUT2D eigenvalue weighted by Gasteiger charge is -2.37. The van der Waals surface area contributed by atoms with Crippen molar-refractivity contribution in [2.45, 2.75) is 32.7 Å². The Kier molecular flexibility index (Phi) is 5.54. The van der Waals surface area contributed by atoms with E-state index in [-0.39, 0.29) is 5.91 Å². The first-order valence-corrected chi connectivity index (χ1v) is 8.09. The number of amides is 1. The predicted octanol–water partition coefficient (Wildman–Crippen LogP) is 2.79. The van der Waals surface area contributed by atoms with Crippen LogP contribution in [0.25, 0.3) is 0 Å². The molecule has 1 aromatic heterocycles. The van der Waals surface area contributed by atoms with Crippen molar-refractivity contribution in [3.8, 4) is 0 Å². The molecule has 0 saturated carbocycles. The number of likely N-dealkylation sites (tertiary alicyclic amines) is 1. The van der Waals surface area contributed by atoms with Gasteiger partial charge in [0.15, 0.2) is 0 Å². The zero-order valence-corrected chi connectivity index (χ0v) is 13.8. The van der Waals surface area contributed by atoms with E-state index in [0.29, 0.717) is 11.7 Å². The van der Waals surface area contributed by atoms with E-state index in [2.05, 4.69) is 39.7 Å². The summed E-state index contributed by atoms with van der Waals surface area (Å²) in [5, 5.41) is 0. The Bertz CT molecular complexity index is 437. The van der Waals surface area contributed by atoms with Crippen LogP contribution >= 0.6 is 15.9 Å². The molecule has 1 aliphatic heterocycles. The first-order valence-electron chi connectivity index (χ1n) is 7.30. The largest absolute Gasteiger partial charge is 0.337 e. The summed E-state index contributed by atoms with van der Waals surface area (Å²) in [6.45, 7) is 8.24. The Balaban J connectivity index is 1.93. The van der Waals surface area contributed by atoms with E-state index < -0.39 is 0 Å². The van der Waals surface area contributed by atoms with Gasteiger partial charge in [-0.1, -0.05) is 13.8 Å². The molecule has 0 radical (unpaired) electrons. The zero-order chi connectivity index (χ0) is 14.5. The molecule has 20 heavy (non-hydrogen) atoms. The number of aromatic nitrogens is 1. The second-order valence-electron chi connectivity index (χ2n) is 5.11. The van der Waals surface area contributed by atoms with E-state index in [1.807, 2.05) is 11.0 Å². The Morgan fingerprint density at radius 1 is 1.35 bits per heavy atom. The highest BCUT2D eigenvalue weighted by atomic mass is 79.9. The van der Waals surface area contributed by atoms with Crippen LogP contribution in [0.4, 0.5) is 0 Å². The quantitative estimate of drug-likeness (QED) is 0.846. The Hall–Kier alpha value is -0.940. The Labute approximate surface area is 129 Å². The third-order valence-electron chi connectivity index (χ3n) is 4.03. The first-order chi connectivity index (χ1) is 9.65. The summed E-state index contributed by atoms with van der Waals surface area (Å²) in [5.74, 6) is 0.0514. The standard InChI is InChI=1S/C15H22BrN3O/c1-3-18(4-2)13-7-9-19(10-8-13)15(20)14-6-5-12(16)11-17-14/h5-6,11,13H,3-4,7-10H2,1-2H3. The van der Waals surface area contributed by atoms with Crippen LogP contribution < -0.4 is 0 Å². The zero-order valence-electron chi connectivity index (χ0n) is 12.2. The fourth-order valence-electron chi connectivity index (χ4n) is 2.84. The van der Waals surface area contributed by atoms with Gasteiger partial charge >= 0.3 is 0 Å². The van der Waals surface area contributed by atoms with E-state index in [4.69, 9.17) is 0 Å². The maximum absolute atomic E-state index is 12.4. The van der Waals surface area contributed by atoms with Crippen molar-refractivity contribution >= 4 is 21.8 Å². The molecule has 0 unspecified atom stereocenters. The molecule has 0 aromatic carbocycles. The van der Waals surface area contributed by atoms with Gasteiger partial charge in [-0.25, -0.2) is 4.98 Å². The lowest BCUT2D eigenvalue weighted by molar-refractivity contribution is 0.0626. The summed E-state index contributed by atoms with van der Waals surface area (Å²) in [7, 11) is 0. The summed E-state index contributed by atoms with van der Waals surface area (Å²) >= 11 is 3.34. The van der Waals surface area contributed by atoms with Gasteiger partial charge in [0.25, 0.3) is 5.91 Å². The lowest BCUT2D eigenvalue weighted by atomic mass is 10.0. The van der Waals surface area contributed by atoms with Gasteiger partial charge in [-0.05, 0) is 54.0 Å². The fraction of sp³-hybridized carbons (Fsp3) is 0.600. The van der Waals surface area contributed by atoms with Gasteiger partial charge in [0.05, 0.1) is 0 Å². The average Bonchev–Trinajstić information content (AvgIpc) is 2.49. The van der Waals surface area contributed by atoms with Crippen molar-refractivity contribution < 1.29 is 4.79 Å². The molecule has 0 atom stereocenters. The van der Waals surface area contributed by atoms with Gasteiger partial charge in [-0.3, -0.25) is 4.79 Å². The summed E-state index contributed by atoms with van der Waals surface area (Å²) in [6.07, 6.45) is 3.80. The highest BCUT2D eigenvalue weighted by Gasteiger charge is 2.26. The number of nitrogens with zero attached hydrogens (tertiary/aromatic N) is 3. The monoisotopic (exact) mass is 339 g/mol. The van der Waals surface area contributed by atoms with Gasteiger partial charge in [-0.2, -0.15) is 0 Å². The van der Waals surface area contributed by atoms with E-state index in [9.17, 15) is 4.79 Å². The van der Waals surface area contributed by atoms with Crippen LogP contribution in [0, 0.1) is 0 Å². The Morgan fingerprint density at radius 2 is 2.00 bits per heavy atom. The van der Waals surface area contributed by atoms with Crippen LogP contribution in [-0.2, 0) is 0 Å². The topological polar surface area (TPSA) is 36.4 Å². The molecule has 5 heteroatoms. The maximum Gasteiger partial charge on any atom is 0.272 e. The van der Waals surface area contributed by atoms with Gasteiger partial charge < -0.3 is 9.80 Å². The summed E-state index contributed by atoms with van der Waals surface area (Å²) in [5.41, 5.74) is 0.537. The summed E-state index contributed by atoms with van der Waals surface area (Å²) in [6, 6.07) is 4.26.